The first-order valence-electron chi connectivity index (χ1n) is 6.71. The van der Waals surface area contributed by atoms with Crippen LogP contribution in [0.15, 0.2) is 34.3 Å². The third kappa shape index (κ3) is 4.59. The number of nitrogens with one attached hydrogen (secondary N) is 1. The highest BCUT2D eigenvalue weighted by molar-refractivity contribution is 6.05. The molecule has 112 valence electrons. The molecule has 2 N–H and O–H groups in total. The van der Waals surface area contributed by atoms with Gasteiger partial charge < -0.3 is 15.2 Å². The molecular formula is C15H19N3O3. The van der Waals surface area contributed by atoms with Gasteiger partial charge in [-0.05, 0) is 45.0 Å². The topological polar surface area (TPSA) is 83.3 Å². The van der Waals surface area contributed by atoms with Crippen molar-refractivity contribution in [1.29, 1.82) is 0 Å². The summed E-state index contributed by atoms with van der Waals surface area (Å²) in [5.41, 5.74) is 0.288. The van der Waals surface area contributed by atoms with Crippen LogP contribution < -0.4 is 5.32 Å². The molecule has 1 amide bonds. The molecule has 21 heavy (non-hydrogen) atoms. The van der Waals surface area contributed by atoms with Crippen molar-refractivity contribution >= 4 is 18.1 Å². The van der Waals surface area contributed by atoms with Crippen molar-refractivity contribution in [3.8, 4) is 5.75 Å². The predicted octanol–water partition coefficient (Wildman–Crippen LogP) is 2.12. The van der Waals surface area contributed by atoms with Gasteiger partial charge in [0, 0.05) is 11.8 Å². The maximum atomic E-state index is 11.6. The number of carbonyl (C=O) groups excluding carboxylic acids is 1. The summed E-state index contributed by atoms with van der Waals surface area (Å²) >= 11 is 0. The molecule has 1 heterocycles. The van der Waals surface area contributed by atoms with Crippen molar-refractivity contribution in [2.45, 2.75) is 32.4 Å². The lowest BCUT2D eigenvalue weighted by atomic mass is 10.2. The number of carbonyl (C=O) groups is 1. The Morgan fingerprint density at radius 2 is 2.00 bits per heavy atom. The molecule has 0 aliphatic carbocycles. The number of amidine groups is 1. The number of hydrogen-bond acceptors (Lipinski definition) is 5. The average Bonchev–Trinajstić information content (AvgIpc) is 2.38. The first-order chi connectivity index (χ1) is 9.83. The van der Waals surface area contributed by atoms with E-state index in [1.165, 1.54) is 0 Å². The fourth-order valence-electron chi connectivity index (χ4n) is 1.75. The Balaban J connectivity index is 1.92. The normalized spacial score (nSPS) is 18.0. The average molecular weight is 289 g/mol. The van der Waals surface area contributed by atoms with E-state index in [2.05, 4.69) is 15.3 Å². The summed E-state index contributed by atoms with van der Waals surface area (Å²) < 4.78 is 5.18. The molecule has 6 heteroatoms. The largest absolute Gasteiger partial charge is 0.508 e. The van der Waals surface area contributed by atoms with Gasteiger partial charge in [-0.1, -0.05) is 0 Å². The van der Waals surface area contributed by atoms with Gasteiger partial charge in [-0.3, -0.25) is 4.99 Å². The van der Waals surface area contributed by atoms with E-state index in [0.717, 1.165) is 5.56 Å². The number of ether oxygens (including phenoxy) is 1. The number of nitrogens with zero attached hydrogens (tertiary/aromatic N) is 2. The number of benzene rings is 1. The molecule has 6 nitrogen and oxygen atoms in total. The summed E-state index contributed by atoms with van der Waals surface area (Å²) in [6.45, 7) is 5.83. The van der Waals surface area contributed by atoms with Crippen LogP contribution in [-0.2, 0) is 4.74 Å². The molecule has 0 fully saturated rings. The van der Waals surface area contributed by atoms with Gasteiger partial charge in [0.05, 0.1) is 12.6 Å². The van der Waals surface area contributed by atoms with E-state index in [1.54, 1.807) is 30.5 Å². The maximum Gasteiger partial charge on any atom is 0.408 e. The summed E-state index contributed by atoms with van der Waals surface area (Å²) in [4.78, 5) is 20.2. The van der Waals surface area contributed by atoms with Gasteiger partial charge in [0.25, 0.3) is 0 Å². The van der Waals surface area contributed by atoms with E-state index < -0.39 is 11.7 Å². The van der Waals surface area contributed by atoms with Crippen LogP contribution in [0.4, 0.5) is 4.79 Å². The number of hydrogen-bond donors (Lipinski definition) is 2. The second kappa shape index (κ2) is 5.95. The molecule has 0 saturated carbocycles. The molecule has 0 aromatic heterocycles. The Morgan fingerprint density at radius 3 is 2.52 bits per heavy atom. The van der Waals surface area contributed by atoms with Crippen molar-refractivity contribution < 1.29 is 14.6 Å². The van der Waals surface area contributed by atoms with Gasteiger partial charge in [-0.25, -0.2) is 9.79 Å². The molecule has 0 bridgehead atoms. The van der Waals surface area contributed by atoms with Gasteiger partial charge in [-0.15, -0.1) is 0 Å². The van der Waals surface area contributed by atoms with Crippen LogP contribution in [0.5, 0.6) is 5.75 Å². The van der Waals surface area contributed by atoms with Crippen molar-refractivity contribution in [2.24, 2.45) is 9.98 Å². The van der Waals surface area contributed by atoms with Gasteiger partial charge in [0.1, 0.15) is 11.4 Å². The maximum absolute atomic E-state index is 11.6. The summed E-state index contributed by atoms with van der Waals surface area (Å²) in [5, 5.41) is 11.9. The molecule has 1 unspecified atom stereocenters. The second-order valence-electron chi connectivity index (χ2n) is 5.74. The monoisotopic (exact) mass is 289 g/mol. The van der Waals surface area contributed by atoms with Crippen LogP contribution in [0.1, 0.15) is 26.3 Å². The fraction of sp³-hybridized carbons (Fsp3) is 0.400. The second-order valence-corrected chi connectivity index (χ2v) is 5.74. The quantitative estimate of drug-likeness (QED) is 0.874. The SMILES string of the molecule is CC(C)(C)OC(=O)NC1C=NC(c2ccc(O)cc2)=NC1. The van der Waals surface area contributed by atoms with Crippen LogP contribution in [0.2, 0.25) is 0 Å². The van der Waals surface area contributed by atoms with E-state index in [4.69, 9.17) is 4.74 Å². The summed E-state index contributed by atoms with van der Waals surface area (Å²) in [5.74, 6) is 0.779. The zero-order chi connectivity index (χ0) is 15.5. The zero-order valence-corrected chi connectivity index (χ0v) is 12.3. The molecule has 1 aromatic rings. The van der Waals surface area contributed by atoms with Gasteiger partial charge in [-0.2, -0.15) is 0 Å². The van der Waals surface area contributed by atoms with E-state index in [-0.39, 0.29) is 11.8 Å². The van der Waals surface area contributed by atoms with Crippen LogP contribution >= 0.6 is 0 Å². The van der Waals surface area contributed by atoms with E-state index in [0.29, 0.717) is 12.4 Å². The van der Waals surface area contributed by atoms with Crippen molar-refractivity contribution in [3.05, 3.63) is 29.8 Å². The number of alkyl carbamates (subject to hydrolysis) is 1. The third-order valence-corrected chi connectivity index (χ3v) is 2.64. The Kier molecular flexibility index (Phi) is 4.26. The Hall–Kier alpha value is -2.37. The van der Waals surface area contributed by atoms with E-state index in [9.17, 15) is 9.90 Å². The minimum absolute atomic E-state index is 0.198. The smallest absolute Gasteiger partial charge is 0.408 e. The molecular weight excluding hydrogens is 270 g/mol. The van der Waals surface area contributed by atoms with Gasteiger partial charge >= 0.3 is 6.09 Å². The Labute approximate surface area is 123 Å². The lowest BCUT2D eigenvalue weighted by Gasteiger charge is -2.22. The molecule has 0 spiro atoms. The van der Waals surface area contributed by atoms with Crippen LogP contribution in [0.3, 0.4) is 0 Å². The van der Waals surface area contributed by atoms with Crippen molar-refractivity contribution in [2.75, 3.05) is 6.54 Å². The molecule has 1 aliphatic heterocycles. The predicted molar refractivity (Wildman–Crippen MR) is 81.2 cm³/mol. The highest BCUT2D eigenvalue weighted by Crippen LogP contribution is 2.12. The van der Waals surface area contributed by atoms with Crippen molar-refractivity contribution in [1.82, 2.24) is 5.32 Å². The molecule has 0 radical (unpaired) electrons. The van der Waals surface area contributed by atoms with Crippen molar-refractivity contribution in [3.63, 3.8) is 0 Å². The molecule has 1 aliphatic rings. The zero-order valence-electron chi connectivity index (χ0n) is 12.3. The number of phenolic OH excluding ortho intramolecular Hbond substituents is 1. The fourth-order valence-corrected chi connectivity index (χ4v) is 1.75. The van der Waals surface area contributed by atoms with Gasteiger partial charge in [0.15, 0.2) is 5.84 Å². The lowest BCUT2D eigenvalue weighted by Crippen LogP contribution is -2.42. The summed E-state index contributed by atoms with van der Waals surface area (Å²) in [7, 11) is 0. The molecule has 2 rings (SSSR count). The molecule has 1 aromatic carbocycles. The number of rotatable bonds is 2. The Bertz CT molecular complexity index is 571. The Morgan fingerprint density at radius 1 is 1.33 bits per heavy atom. The first-order valence-corrected chi connectivity index (χ1v) is 6.71. The number of phenols is 1. The highest BCUT2D eigenvalue weighted by Gasteiger charge is 2.20. The third-order valence-electron chi connectivity index (χ3n) is 2.64. The minimum Gasteiger partial charge on any atom is -0.508 e. The van der Waals surface area contributed by atoms with E-state index in [1.807, 2.05) is 20.8 Å². The lowest BCUT2D eigenvalue weighted by molar-refractivity contribution is 0.0520. The minimum atomic E-state index is -0.531. The van der Waals surface area contributed by atoms with E-state index >= 15 is 0 Å². The first kappa shape index (κ1) is 15.0. The number of aromatic hydroxyl groups is 1. The summed E-state index contributed by atoms with van der Waals surface area (Å²) in [6.07, 6.45) is 1.15. The van der Waals surface area contributed by atoms with Gasteiger partial charge in [0.2, 0.25) is 0 Å². The standard InChI is InChI=1S/C15H19N3O3/c1-15(2,3)21-14(20)18-11-8-16-13(17-9-11)10-4-6-12(19)7-5-10/h4-8,11,19H,9H2,1-3H3,(H,18,20). The number of amides is 1. The van der Waals surface area contributed by atoms with Crippen LogP contribution in [0.25, 0.3) is 0 Å². The molecule has 1 atom stereocenters. The van der Waals surface area contributed by atoms with Crippen LogP contribution in [-0.4, -0.2) is 41.4 Å². The summed E-state index contributed by atoms with van der Waals surface area (Å²) in [6, 6.07) is 6.37. The number of aliphatic imine (C=N–C) groups is 2. The van der Waals surface area contributed by atoms with Crippen LogP contribution in [0, 0.1) is 0 Å². The molecule has 0 saturated heterocycles. The highest BCUT2D eigenvalue weighted by atomic mass is 16.6.